The van der Waals surface area contributed by atoms with E-state index >= 15 is 0 Å². The van der Waals surface area contributed by atoms with Gasteiger partial charge in [0, 0.05) is 18.7 Å². The Labute approximate surface area is 244 Å². The highest BCUT2D eigenvalue weighted by atomic mass is 35.5. The van der Waals surface area contributed by atoms with E-state index in [1.165, 1.54) is 6.20 Å². The number of ether oxygens (including phenoxy) is 3. The lowest BCUT2D eigenvalue weighted by Gasteiger charge is -2.31. The van der Waals surface area contributed by atoms with Gasteiger partial charge in [-0.3, -0.25) is 9.82 Å². The van der Waals surface area contributed by atoms with E-state index in [2.05, 4.69) is 21.8 Å². The lowest BCUT2D eigenvalue weighted by atomic mass is 9.92. The predicted molar refractivity (Wildman–Crippen MR) is 155 cm³/mol. The molecule has 1 fully saturated rings. The number of nitrogens with zero attached hydrogens (tertiary/aromatic N) is 1. The molecule has 0 aliphatic carbocycles. The maximum absolute atomic E-state index is 11.7. The zero-order valence-corrected chi connectivity index (χ0v) is 24.8. The normalized spacial score (nSPS) is 18.5. The number of halogens is 3. The fraction of sp³-hybridized carbons (Fsp3) is 0.444. The van der Waals surface area contributed by atoms with E-state index < -0.39 is 10.0 Å². The van der Waals surface area contributed by atoms with Gasteiger partial charge in [-0.15, -0.1) is 11.6 Å². The van der Waals surface area contributed by atoms with Crippen LogP contribution in [0.5, 0.6) is 11.5 Å². The smallest absolute Gasteiger partial charge is 0.229 e. The molecule has 3 atom stereocenters. The van der Waals surface area contributed by atoms with Crippen molar-refractivity contribution in [3.63, 3.8) is 0 Å². The standard InChI is InChI=1S/C27H32Cl3N3O5S/c1-17(20-13-22(29)27(23(30)14-20)37-11-9-28)12-18-5-7-21(8-6-18)38-16-19-4-3-10-36-26(19)25-24(15-31-32-25)33-39(2,34)35/h5-8,13-15,17,19,26,33H,3-4,9-12,16H2,1-2H3,(H,31,32)/t17-,19?,26?/m0/s1. The van der Waals surface area contributed by atoms with Crippen LogP contribution in [0, 0.1) is 5.92 Å². The molecule has 4 rings (SSSR count). The van der Waals surface area contributed by atoms with Crippen LogP contribution in [0.3, 0.4) is 0 Å². The lowest BCUT2D eigenvalue weighted by Crippen LogP contribution is -2.28. The Morgan fingerprint density at radius 1 is 1.18 bits per heavy atom. The van der Waals surface area contributed by atoms with Gasteiger partial charge in [0.15, 0.2) is 5.75 Å². The van der Waals surface area contributed by atoms with Crippen LogP contribution >= 0.6 is 34.8 Å². The second-order valence-corrected chi connectivity index (χ2v) is 12.6. The molecule has 8 nitrogen and oxygen atoms in total. The largest absolute Gasteiger partial charge is 0.493 e. The van der Waals surface area contributed by atoms with Crippen molar-refractivity contribution >= 4 is 50.5 Å². The maximum Gasteiger partial charge on any atom is 0.229 e. The molecule has 212 valence electrons. The molecule has 1 aliphatic rings. The van der Waals surface area contributed by atoms with E-state index in [4.69, 9.17) is 49.0 Å². The molecule has 0 amide bonds. The van der Waals surface area contributed by atoms with Crippen molar-refractivity contribution in [2.75, 3.05) is 36.7 Å². The van der Waals surface area contributed by atoms with Crippen LogP contribution < -0.4 is 14.2 Å². The molecule has 1 aliphatic heterocycles. The number of benzene rings is 2. The molecule has 2 aromatic carbocycles. The summed E-state index contributed by atoms with van der Waals surface area (Å²) in [5.41, 5.74) is 3.11. The number of hydrogen-bond acceptors (Lipinski definition) is 6. The molecule has 39 heavy (non-hydrogen) atoms. The molecule has 0 radical (unpaired) electrons. The van der Waals surface area contributed by atoms with Crippen molar-refractivity contribution in [3.05, 3.63) is 69.5 Å². The molecule has 0 saturated carbocycles. The maximum atomic E-state index is 11.7. The summed E-state index contributed by atoms with van der Waals surface area (Å²) in [6.07, 6.45) is 4.83. The van der Waals surface area contributed by atoms with Crippen LogP contribution in [-0.2, 0) is 21.2 Å². The van der Waals surface area contributed by atoms with Gasteiger partial charge < -0.3 is 14.2 Å². The van der Waals surface area contributed by atoms with Gasteiger partial charge in [-0.25, -0.2) is 8.42 Å². The first-order valence-electron chi connectivity index (χ1n) is 12.7. The van der Waals surface area contributed by atoms with Gasteiger partial charge in [0.2, 0.25) is 10.0 Å². The van der Waals surface area contributed by atoms with Gasteiger partial charge in [-0.05, 0) is 60.6 Å². The summed E-state index contributed by atoms with van der Waals surface area (Å²) in [5.74, 6) is 1.76. The summed E-state index contributed by atoms with van der Waals surface area (Å²) in [7, 11) is -3.44. The average molecular weight is 617 g/mol. The number of nitrogens with one attached hydrogen (secondary N) is 2. The number of anilines is 1. The minimum atomic E-state index is -3.44. The molecule has 12 heteroatoms. The summed E-state index contributed by atoms with van der Waals surface area (Å²) < 4.78 is 43.7. The number of alkyl halides is 1. The fourth-order valence-corrected chi connectivity index (χ4v) is 5.91. The third-order valence-corrected chi connectivity index (χ3v) is 7.83. The first kappa shape index (κ1) is 29.8. The molecule has 0 bridgehead atoms. The van der Waals surface area contributed by atoms with E-state index in [1.54, 1.807) is 0 Å². The molecule has 2 unspecified atom stereocenters. The van der Waals surface area contributed by atoms with Gasteiger partial charge in [-0.1, -0.05) is 42.3 Å². The van der Waals surface area contributed by atoms with E-state index in [1.807, 2.05) is 36.4 Å². The Morgan fingerprint density at radius 2 is 1.90 bits per heavy atom. The Bertz CT molecular complexity index is 1330. The van der Waals surface area contributed by atoms with Gasteiger partial charge >= 0.3 is 0 Å². The number of aromatic nitrogens is 2. The van der Waals surface area contributed by atoms with E-state index in [0.29, 0.717) is 52.9 Å². The zero-order valence-electron chi connectivity index (χ0n) is 21.8. The number of sulfonamides is 1. The average Bonchev–Trinajstić information content (AvgIpc) is 3.34. The topological polar surface area (TPSA) is 103 Å². The van der Waals surface area contributed by atoms with Crippen LogP contribution in [0.1, 0.15) is 48.6 Å². The van der Waals surface area contributed by atoms with Crippen LogP contribution in [0.25, 0.3) is 0 Å². The minimum absolute atomic E-state index is 0.0211. The number of hydrogen-bond donors (Lipinski definition) is 2. The quantitative estimate of drug-likeness (QED) is 0.222. The van der Waals surface area contributed by atoms with Crippen molar-refractivity contribution in [3.8, 4) is 11.5 Å². The summed E-state index contributed by atoms with van der Waals surface area (Å²) in [6, 6.07) is 11.8. The molecule has 1 saturated heterocycles. The Kier molecular flexibility index (Phi) is 10.3. The highest BCUT2D eigenvalue weighted by Crippen LogP contribution is 2.38. The van der Waals surface area contributed by atoms with Crippen LogP contribution in [0.4, 0.5) is 5.69 Å². The third kappa shape index (κ3) is 8.17. The highest BCUT2D eigenvalue weighted by Gasteiger charge is 2.32. The molecular weight excluding hydrogens is 585 g/mol. The van der Waals surface area contributed by atoms with Crippen molar-refractivity contribution < 1.29 is 22.6 Å². The van der Waals surface area contributed by atoms with Gasteiger partial charge in [0.25, 0.3) is 0 Å². The monoisotopic (exact) mass is 615 g/mol. The first-order chi connectivity index (χ1) is 18.6. The summed E-state index contributed by atoms with van der Waals surface area (Å²) in [5, 5.41) is 7.94. The van der Waals surface area contributed by atoms with Crippen molar-refractivity contribution in [1.82, 2.24) is 10.2 Å². The lowest BCUT2D eigenvalue weighted by molar-refractivity contribution is -0.0441. The Morgan fingerprint density at radius 3 is 2.56 bits per heavy atom. The Hall–Kier alpha value is -2.17. The number of H-pyrrole nitrogens is 1. The van der Waals surface area contributed by atoms with E-state index in [9.17, 15) is 8.42 Å². The SMILES string of the molecule is C[C@@H](Cc1ccc(OCC2CCCOC2c2n[nH]cc2NS(C)(=O)=O)cc1)c1cc(Cl)c(OCCCl)c(Cl)c1. The van der Waals surface area contributed by atoms with Crippen molar-refractivity contribution in [1.29, 1.82) is 0 Å². The van der Waals surface area contributed by atoms with Crippen molar-refractivity contribution in [2.24, 2.45) is 5.92 Å². The summed E-state index contributed by atoms with van der Waals surface area (Å²) in [6.45, 7) is 3.46. The molecule has 2 N–H and O–H groups in total. The van der Waals surface area contributed by atoms with Crippen LogP contribution in [-0.4, -0.2) is 50.6 Å². The van der Waals surface area contributed by atoms with E-state index in [0.717, 1.165) is 42.4 Å². The Balaban J connectivity index is 1.36. The first-order valence-corrected chi connectivity index (χ1v) is 15.8. The van der Waals surface area contributed by atoms with Crippen LogP contribution in [0.15, 0.2) is 42.6 Å². The predicted octanol–water partition coefficient (Wildman–Crippen LogP) is 6.60. The van der Waals surface area contributed by atoms with Gasteiger partial charge in [0.1, 0.15) is 24.2 Å². The second kappa shape index (κ2) is 13.5. The molecule has 0 spiro atoms. The summed E-state index contributed by atoms with van der Waals surface area (Å²) in [4.78, 5) is 0. The summed E-state index contributed by atoms with van der Waals surface area (Å²) >= 11 is 18.5. The molecule has 3 aromatic rings. The second-order valence-electron chi connectivity index (χ2n) is 9.66. The zero-order chi connectivity index (χ0) is 28.0. The van der Waals surface area contributed by atoms with Crippen molar-refractivity contribution in [2.45, 2.75) is 38.2 Å². The molecular formula is C27H32Cl3N3O5S. The van der Waals surface area contributed by atoms with Crippen LogP contribution in [0.2, 0.25) is 10.0 Å². The van der Waals surface area contributed by atoms with Gasteiger partial charge in [-0.2, -0.15) is 5.10 Å². The number of aromatic amines is 1. The minimum Gasteiger partial charge on any atom is -0.493 e. The fourth-order valence-electron chi connectivity index (χ4n) is 4.65. The molecule has 1 aromatic heterocycles. The van der Waals surface area contributed by atoms with E-state index in [-0.39, 0.29) is 17.9 Å². The molecule has 2 heterocycles. The number of rotatable bonds is 12. The van der Waals surface area contributed by atoms with Gasteiger partial charge in [0.05, 0.1) is 34.5 Å². The highest BCUT2D eigenvalue weighted by molar-refractivity contribution is 7.92. The third-order valence-electron chi connectivity index (χ3n) is 6.52.